The number of hydrogen-bond acceptors (Lipinski definition) is 7. The number of aryl methyl sites for hydroxylation is 1. The first-order valence-corrected chi connectivity index (χ1v) is 9.31. The molecule has 2 rings (SSSR count). The summed E-state index contributed by atoms with van der Waals surface area (Å²) < 4.78 is 70.4. The van der Waals surface area contributed by atoms with E-state index in [1.54, 1.807) is 20.8 Å². The lowest BCUT2D eigenvalue weighted by Crippen LogP contribution is -2.33. The minimum Gasteiger partial charge on any atom is -0.444 e. The lowest BCUT2D eigenvalue weighted by atomic mass is 10.2. The van der Waals surface area contributed by atoms with Crippen molar-refractivity contribution < 1.29 is 35.3 Å². The molecule has 0 N–H and O–H groups in total. The number of hydrogen-bond donors (Lipinski definition) is 0. The van der Waals surface area contributed by atoms with Crippen molar-refractivity contribution in [3.8, 4) is 5.88 Å². The molecule has 9 nitrogen and oxygen atoms in total. The van der Waals surface area contributed by atoms with E-state index >= 15 is 0 Å². The Morgan fingerprint density at radius 3 is 2.43 bits per heavy atom. The van der Waals surface area contributed by atoms with Crippen LogP contribution in [0.4, 0.5) is 18.0 Å². The second-order valence-corrected chi connectivity index (χ2v) is 8.52. The van der Waals surface area contributed by atoms with Crippen molar-refractivity contribution >= 4 is 21.9 Å². The van der Waals surface area contributed by atoms with Gasteiger partial charge in [0.15, 0.2) is 5.65 Å². The zero-order chi connectivity index (χ0) is 21.5. The first kappa shape index (κ1) is 21.7. The molecule has 156 valence electrons. The van der Waals surface area contributed by atoms with Crippen LogP contribution in [0.25, 0.3) is 5.65 Å². The van der Waals surface area contributed by atoms with Crippen LogP contribution in [0.5, 0.6) is 5.88 Å². The van der Waals surface area contributed by atoms with Gasteiger partial charge in [-0.3, -0.25) is 0 Å². The largest absolute Gasteiger partial charge is 0.534 e. The van der Waals surface area contributed by atoms with Gasteiger partial charge < -0.3 is 13.8 Å². The molecule has 0 saturated carbocycles. The highest BCUT2D eigenvalue weighted by Crippen LogP contribution is 2.28. The maximum Gasteiger partial charge on any atom is 0.534 e. The van der Waals surface area contributed by atoms with Crippen LogP contribution >= 0.6 is 0 Å². The fourth-order valence-electron chi connectivity index (χ4n) is 2.00. The van der Waals surface area contributed by atoms with Crippen molar-refractivity contribution in [2.45, 2.75) is 45.3 Å². The molecule has 0 aliphatic heterocycles. The van der Waals surface area contributed by atoms with Crippen LogP contribution in [0.2, 0.25) is 0 Å². The lowest BCUT2D eigenvalue weighted by molar-refractivity contribution is -0.0501. The van der Waals surface area contributed by atoms with Gasteiger partial charge >= 0.3 is 21.7 Å². The van der Waals surface area contributed by atoms with Crippen LogP contribution in [0.15, 0.2) is 12.3 Å². The van der Waals surface area contributed by atoms with Crippen LogP contribution in [0.3, 0.4) is 0 Å². The maximum absolute atomic E-state index is 12.5. The Morgan fingerprint density at radius 2 is 1.89 bits per heavy atom. The molecule has 28 heavy (non-hydrogen) atoms. The van der Waals surface area contributed by atoms with Crippen molar-refractivity contribution in [1.82, 2.24) is 19.5 Å². The standard InChI is InChI=1S/C15H19F3N4O5S/c1-9-7-22-11(19-12(9)27-28(24,25)15(16,17)18)6-10(20-22)8-21(5)13(23)26-14(2,3)4/h6-7H,8H2,1-5H3. The van der Waals surface area contributed by atoms with E-state index in [4.69, 9.17) is 4.74 Å². The van der Waals surface area contributed by atoms with E-state index in [9.17, 15) is 26.4 Å². The van der Waals surface area contributed by atoms with Gasteiger partial charge in [0.25, 0.3) is 0 Å². The molecule has 0 spiro atoms. The summed E-state index contributed by atoms with van der Waals surface area (Å²) in [5.74, 6) is -0.711. The quantitative estimate of drug-likeness (QED) is 0.549. The predicted molar refractivity (Wildman–Crippen MR) is 91.0 cm³/mol. The van der Waals surface area contributed by atoms with E-state index in [1.807, 2.05) is 0 Å². The highest BCUT2D eigenvalue weighted by atomic mass is 32.2. The second kappa shape index (κ2) is 7.11. The summed E-state index contributed by atoms with van der Waals surface area (Å²) in [7, 11) is -4.36. The van der Waals surface area contributed by atoms with E-state index in [2.05, 4.69) is 14.3 Å². The van der Waals surface area contributed by atoms with E-state index in [0.717, 1.165) is 0 Å². The Morgan fingerprint density at radius 1 is 1.29 bits per heavy atom. The molecule has 0 saturated heterocycles. The normalized spacial score (nSPS) is 12.9. The third-order valence-electron chi connectivity index (χ3n) is 3.21. The van der Waals surface area contributed by atoms with E-state index < -0.39 is 33.2 Å². The summed E-state index contributed by atoms with van der Waals surface area (Å²) in [6.07, 6.45) is 0.676. The molecule has 2 heterocycles. The highest BCUT2D eigenvalue weighted by Gasteiger charge is 2.49. The summed E-state index contributed by atoms with van der Waals surface area (Å²) in [6, 6.07) is 1.38. The molecule has 0 unspecified atom stereocenters. The average Bonchev–Trinajstić information content (AvgIpc) is 2.85. The molecule has 13 heteroatoms. The third-order valence-corrected chi connectivity index (χ3v) is 4.16. The first-order valence-electron chi connectivity index (χ1n) is 7.90. The van der Waals surface area contributed by atoms with Gasteiger partial charge in [-0.1, -0.05) is 0 Å². The van der Waals surface area contributed by atoms with Crippen LogP contribution in [0, 0.1) is 6.92 Å². The van der Waals surface area contributed by atoms with Gasteiger partial charge in [0, 0.05) is 24.9 Å². The number of ether oxygens (including phenoxy) is 1. The number of amides is 1. The van der Waals surface area contributed by atoms with Crippen molar-refractivity contribution in [2.75, 3.05) is 7.05 Å². The number of fused-ring (bicyclic) bond motifs is 1. The Hall–Kier alpha value is -2.57. The minimum atomic E-state index is -5.84. The Labute approximate surface area is 159 Å². The average molecular weight is 424 g/mol. The van der Waals surface area contributed by atoms with Gasteiger partial charge in [0.05, 0.1) is 12.2 Å². The molecule has 0 bridgehead atoms. The van der Waals surface area contributed by atoms with Crippen molar-refractivity contribution in [2.24, 2.45) is 0 Å². The highest BCUT2D eigenvalue weighted by molar-refractivity contribution is 7.87. The third kappa shape index (κ3) is 5.03. The molecule has 0 atom stereocenters. The van der Waals surface area contributed by atoms with Gasteiger partial charge in [-0.25, -0.2) is 9.31 Å². The summed E-state index contributed by atoms with van der Waals surface area (Å²) >= 11 is 0. The van der Waals surface area contributed by atoms with Crippen LogP contribution in [0.1, 0.15) is 32.0 Å². The van der Waals surface area contributed by atoms with Gasteiger partial charge in [-0.15, -0.1) is 0 Å². The fraction of sp³-hybridized carbons (Fsp3) is 0.533. The Balaban J connectivity index is 2.26. The minimum absolute atomic E-state index is 0.0236. The van der Waals surface area contributed by atoms with Crippen molar-refractivity contribution in [1.29, 1.82) is 0 Å². The predicted octanol–water partition coefficient (Wildman–Crippen LogP) is 2.63. The summed E-state index contributed by atoms with van der Waals surface area (Å²) in [4.78, 5) is 17.0. The fourth-order valence-corrected chi connectivity index (χ4v) is 2.47. The van der Waals surface area contributed by atoms with Crippen LogP contribution in [-0.4, -0.2) is 52.2 Å². The number of aromatic nitrogens is 3. The van der Waals surface area contributed by atoms with Gasteiger partial charge in [-0.2, -0.15) is 31.7 Å². The molecule has 0 aliphatic carbocycles. The smallest absolute Gasteiger partial charge is 0.444 e. The molecular weight excluding hydrogens is 405 g/mol. The zero-order valence-corrected chi connectivity index (χ0v) is 16.6. The molecule has 2 aromatic rings. The molecule has 0 aromatic carbocycles. The first-order chi connectivity index (χ1) is 12.6. The molecule has 0 fully saturated rings. The van der Waals surface area contributed by atoms with Gasteiger partial charge in [0.1, 0.15) is 5.60 Å². The Bertz CT molecular complexity index is 995. The Kier molecular flexibility index (Phi) is 5.52. The van der Waals surface area contributed by atoms with E-state index in [1.165, 1.54) is 35.6 Å². The SMILES string of the molecule is Cc1cn2nc(CN(C)C(=O)OC(C)(C)C)cc2nc1OS(=O)(=O)C(F)(F)F. The number of halogens is 3. The van der Waals surface area contributed by atoms with Crippen molar-refractivity contribution in [3.63, 3.8) is 0 Å². The number of nitrogens with zero attached hydrogens (tertiary/aromatic N) is 4. The van der Waals surface area contributed by atoms with E-state index in [0.29, 0.717) is 5.69 Å². The van der Waals surface area contributed by atoms with Gasteiger partial charge in [-0.05, 0) is 27.7 Å². The zero-order valence-electron chi connectivity index (χ0n) is 15.7. The summed E-state index contributed by atoms with van der Waals surface area (Å²) in [5.41, 5.74) is -5.83. The van der Waals surface area contributed by atoms with Crippen LogP contribution in [-0.2, 0) is 21.4 Å². The van der Waals surface area contributed by atoms with Crippen LogP contribution < -0.4 is 4.18 Å². The van der Waals surface area contributed by atoms with Crippen molar-refractivity contribution in [3.05, 3.63) is 23.5 Å². The molecule has 2 aromatic heterocycles. The molecular formula is C15H19F3N4O5S. The monoisotopic (exact) mass is 424 g/mol. The van der Waals surface area contributed by atoms with E-state index in [-0.39, 0.29) is 17.8 Å². The second-order valence-electron chi connectivity index (χ2n) is 6.99. The molecule has 1 amide bonds. The molecule has 0 aliphatic rings. The number of rotatable bonds is 4. The number of carbonyl (C=O) groups excluding carboxylic acids is 1. The number of alkyl halides is 3. The molecule has 0 radical (unpaired) electrons. The summed E-state index contributed by atoms with van der Waals surface area (Å²) in [6.45, 7) is 6.50. The number of carbonyl (C=O) groups is 1. The maximum atomic E-state index is 12.5. The summed E-state index contributed by atoms with van der Waals surface area (Å²) in [5, 5.41) is 4.16. The van der Waals surface area contributed by atoms with Gasteiger partial charge in [0.2, 0.25) is 5.88 Å². The topological polar surface area (TPSA) is 103 Å². The lowest BCUT2D eigenvalue weighted by Gasteiger charge is -2.24.